The molecule has 0 saturated heterocycles. The number of anilines is 1. The van der Waals surface area contributed by atoms with Gasteiger partial charge in [-0.3, -0.25) is 0 Å². The first-order valence-electron chi connectivity index (χ1n) is 7.17. The zero-order chi connectivity index (χ0) is 14.1. The largest absolute Gasteiger partial charge is 0.362 e. The molecule has 19 heavy (non-hydrogen) atoms. The Morgan fingerprint density at radius 3 is 1.74 bits per heavy atom. The van der Waals surface area contributed by atoms with Gasteiger partial charge in [-0.15, -0.1) is 0 Å². The van der Waals surface area contributed by atoms with E-state index >= 15 is 0 Å². The van der Waals surface area contributed by atoms with Gasteiger partial charge in [0.25, 0.3) is 0 Å². The second kappa shape index (κ2) is 8.94. The summed E-state index contributed by atoms with van der Waals surface area (Å²) in [5.41, 5.74) is 1.16. The maximum atomic E-state index is 5.68. The molecule has 0 aromatic heterocycles. The fourth-order valence-electron chi connectivity index (χ4n) is 2.35. The van der Waals surface area contributed by atoms with Crippen molar-refractivity contribution >= 4 is 5.69 Å². The predicted molar refractivity (Wildman–Crippen MR) is 80.3 cm³/mol. The molecule has 0 saturated carbocycles. The maximum Gasteiger partial charge on any atom is 0.131 e. The fourth-order valence-corrected chi connectivity index (χ4v) is 2.35. The summed E-state index contributed by atoms with van der Waals surface area (Å²) in [6, 6.07) is 10.4. The second-order valence-corrected chi connectivity index (χ2v) is 4.70. The molecule has 2 atom stereocenters. The average molecular weight is 265 g/mol. The van der Waals surface area contributed by atoms with Gasteiger partial charge in [0.05, 0.1) is 0 Å². The van der Waals surface area contributed by atoms with Gasteiger partial charge in [0, 0.05) is 19.9 Å². The molecule has 0 aliphatic carbocycles. The van der Waals surface area contributed by atoms with Crippen molar-refractivity contribution in [2.45, 2.75) is 52.0 Å². The predicted octanol–water partition coefficient (Wildman–Crippen LogP) is 4.04. The molecule has 0 aliphatic heterocycles. The molecule has 1 aromatic rings. The van der Waals surface area contributed by atoms with Crippen molar-refractivity contribution in [3.63, 3.8) is 0 Å². The monoisotopic (exact) mass is 265 g/mol. The summed E-state index contributed by atoms with van der Waals surface area (Å²) in [5.74, 6) is 0. The van der Waals surface area contributed by atoms with Gasteiger partial charge in [-0.1, -0.05) is 44.9 Å². The van der Waals surface area contributed by atoms with Crippen LogP contribution < -0.4 is 4.90 Å². The first-order valence-corrected chi connectivity index (χ1v) is 7.17. The minimum Gasteiger partial charge on any atom is -0.362 e. The van der Waals surface area contributed by atoms with E-state index in [9.17, 15) is 0 Å². The highest BCUT2D eigenvalue weighted by Crippen LogP contribution is 2.25. The van der Waals surface area contributed by atoms with Crippen LogP contribution in [0.2, 0.25) is 0 Å². The molecule has 1 aromatic carbocycles. The van der Waals surface area contributed by atoms with E-state index in [1.54, 1.807) is 14.2 Å². The lowest BCUT2D eigenvalue weighted by Crippen LogP contribution is -2.45. The van der Waals surface area contributed by atoms with Crippen LogP contribution >= 0.6 is 0 Å². The normalized spacial score (nSPS) is 14.1. The lowest BCUT2D eigenvalue weighted by atomic mass is 10.2. The Labute approximate surface area is 117 Å². The summed E-state index contributed by atoms with van der Waals surface area (Å²) >= 11 is 0. The number of para-hydroxylation sites is 1. The Morgan fingerprint density at radius 1 is 0.895 bits per heavy atom. The standard InChI is InChI=1S/C16H27NO2/c1-5-10-15(18-3)17(16(19-4)11-6-2)14-12-8-7-9-13-14/h7-9,12-13,15-16H,5-6,10-11H2,1-4H3. The highest BCUT2D eigenvalue weighted by Gasteiger charge is 2.25. The van der Waals surface area contributed by atoms with Gasteiger partial charge in [-0.25, -0.2) is 0 Å². The van der Waals surface area contributed by atoms with E-state index in [4.69, 9.17) is 9.47 Å². The molecular weight excluding hydrogens is 238 g/mol. The Kier molecular flexibility index (Phi) is 7.53. The number of rotatable bonds is 9. The van der Waals surface area contributed by atoms with E-state index in [1.165, 1.54) is 0 Å². The first kappa shape index (κ1) is 16.0. The SMILES string of the molecule is CCCC(OC)N(c1ccccc1)C(CCC)OC. The van der Waals surface area contributed by atoms with Gasteiger partial charge in [0.1, 0.15) is 12.5 Å². The highest BCUT2D eigenvalue weighted by atomic mass is 16.5. The first-order chi connectivity index (χ1) is 9.28. The Bertz CT molecular complexity index is 315. The summed E-state index contributed by atoms with van der Waals surface area (Å²) in [7, 11) is 3.55. The number of hydrogen-bond donors (Lipinski definition) is 0. The van der Waals surface area contributed by atoms with Crippen molar-refractivity contribution in [1.82, 2.24) is 0 Å². The fraction of sp³-hybridized carbons (Fsp3) is 0.625. The molecule has 3 heteroatoms. The Hall–Kier alpha value is -1.06. The van der Waals surface area contributed by atoms with Crippen molar-refractivity contribution in [3.8, 4) is 0 Å². The number of nitrogens with zero attached hydrogens (tertiary/aromatic N) is 1. The smallest absolute Gasteiger partial charge is 0.131 e. The van der Waals surface area contributed by atoms with Crippen LogP contribution in [0.5, 0.6) is 0 Å². The van der Waals surface area contributed by atoms with Gasteiger partial charge in [-0.05, 0) is 25.0 Å². The molecule has 0 aliphatic rings. The summed E-state index contributed by atoms with van der Waals surface area (Å²) in [6.45, 7) is 4.35. The van der Waals surface area contributed by atoms with E-state index in [0.29, 0.717) is 0 Å². The van der Waals surface area contributed by atoms with Crippen molar-refractivity contribution in [2.75, 3.05) is 19.1 Å². The van der Waals surface area contributed by atoms with Crippen LogP contribution in [-0.4, -0.2) is 26.7 Å². The van der Waals surface area contributed by atoms with Crippen LogP contribution in [0, 0.1) is 0 Å². The molecule has 3 nitrogen and oxygen atoms in total. The highest BCUT2D eigenvalue weighted by molar-refractivity contribution is 5.47. The summed E-state index contributed by atoms with van der Waals surface area (Å²) in [4.78, 5) is 2.26. The lowest BCUT2D eigenvalue weighted by molar-refractivity contribution is 0.0181. The molecule has 0 bridgehead atoms. The van der Waals surface area contributed by atoms with Crippen LogP contribution in [0.1, 0.15) is 39.5 Å². The van der Waals surface area contributed by atoms with Gasteiger partial charge in [0.2, 0.25) is 0 Å². The molecule has 0 radical (unpaired) electrons. The number of methoxy groups -OCH3 is 2. The van der Waals surface area contributed by atoms with Crippen LogP contribution in [0.3, 0.4) is 0 Å². The average Bonchev–Trinajstić information content (AvgIpc) is 2.46. The van der Waals surface area contributed by atoms with E-state index in [2.05, 4.69) is 43.0 Å². The van der Waals surface area contributed by atoms with Crippen molar-refractivity contribution < 1.29 is 9.47 Å². The molecule has 1 rings (SSSR count). The lowest BCUT2D eigenvalue weighted by Gasteiger charge is -2.38. The second-order valence-electron chi connectivity index (χ2n) is 4.70. The minimum atomic E-state index is 0.0592. The van der Waals surface area contributed by atoms with Crippen molar-refractivity contribution in [1.29, 1.82) is 0 Å². The Balaban J connectivity index is 3.01. The molecule has 0 amide bonds. The maximum absolute atomic E-state index is 5.68. The minimum absolute atomic E-state index is 0.0592. The molecule has 0 heterocycles. The van der Waals surface area contributed by atoms with Gasteiger partial charge < -0.3 is 14.4 Å². The van der Waals surface area contributed by atoms with Crippen molar-refractivity contribution in [3.05, 3.63) is 30.3 Å². The number of hydrogen-bond acceptors (Lipinski definition) is 3. The molecule has 0 N–H and O–H groups in total. The quantitative estimate of drug-likeness (QED) is 0.629. The third-order valence-electron chi connectivity index (χ3n) is 3.29. The van der Waals surface area contributed by atoms with E-state index in [-0.39, 0.29) is 12.5 Å². The van der Waals surface area contributed by atoms with Gasteiger partial charge in [-0.2, -0.15) is 0 Å². The van der Waals surface area contributed by atoms with Gasteiger partial charge in [0.15, 0.2) is 0 Å². The van der Waals surface area contributed by atoms with Crippen molar-refractivity contribution in [2.24, 2.45) is 0 Å². The van der Waals surface area contributed by atoms with Crippen LogP contribution in [0.4, 0.5) is 5.69 Å². The van der Waals surface area contributed by atoms with Gasteiger partial charge >= 0.3 is 0 Å². The third-order valence-corrected chi connectivity index (χ3v) is 3.29. The third kappa shape index (κ3) is 4.51. The zero-order valence-electron chi connectivity index (χ0n) is 12.6. The summed E-state index contributed by atoms with van der Waals surface area (Å²) < 4.78 is 11.4. The molecule has 0 fully saturated rings. The van der Waals surface area contributed by atoms with E-state index < -0.39 is 0 Å². The topological polar surface area (TPSA) is 21.7 Å². The zero-order valence-corrected chi connectivity index (χ0v) is 12.6. The summed E-state index contributed by atoms with van der Waals surface area (Å²) in [6.07, 6.45) is 4.28. The molecule has 108 valence electrons. The molecule has 2 unspecified atom stereocenters. The number of benzene rings is 1. The van der Waals surface area contributed by atoms with Crippen LogP contribution in [0.15, 0.2) is 30.3 Å². The van der Waals surface area contributed by atoms with Crippen LogP contribution in [-0.2, 0) is 9.47 Å². The molecular formula is C16H27NO2. The van der Waals surface area contributed by atoms with E-state index in [1.807, 2.05) is 6.07 Å². The van der Waals surface area contributed by atoms with Crippen LogP contribution in [0.25, 0.3) is 0 Å². The number of ether oxygens (including phenoxy) is 2. The van der Waals surface area contributed by atoms with E-state index in [0.717, 1.165) is 31.4 Å². The Morgan fingerprint density at radius 2 is 1.37 bits per heavy atom. The molecule has 0 spiro atoms. The summed E-state index contributed by atoms with van der Waals surface area (Å²) in [5, 5.41) is 0.